The molecule has 0 radical (unpaired) electrons. The van der Waals surface area contributed by atoms with E-state index in [-0.39, 0.29) is 23.3 Å². The van der Waals surface area contributed by atoms with Gasteiger partial charge >= 0.3 is 0 Å². The Kier molecular flexibility index (Phi) is 4.32. The second-order valence-corrected chi connectivity index (χ2v) is 6.98. The Balaban J connectivity index is 1.83. The lowest BCUT2D eigenvalue weighted by atomic mass is 9.68. The highest BCUT2D eigenvalue weighted by atomic mass is 16.5. The highest BCUT2D eigenvalue weighted by molar-refractivity contribution is 5.51. The van der Waals surface area contributed by atoms with E-state index >= 15 is 0 Å². The summed E-state index contributed by atoms with van der Waals surface area (Å²) in [4.78, 5) is 0. The highest BCUT2D eigenvalue weighted by Gasteiger charge is 2.48. The number of hydrogen-bond donors (Lipinski definition) is 3. The average molecular weight is 366 g/mol. The minimum absolute atomic E-state index is 0.00467. The van der Waals surface area contributed by atoms with E-state index in [1.54, 1.807) is 31.4 Å². The lowest BCUT2D eigenvalue weighted by molar-refractivity contribution is -0.0426. The molecule has 5 nitrogen and oxygen atoms in total. The summed E-state index contributed by atoms with van der Waals surface area (Å²) in [5, 5.41) is 31.5. The number of aliphatic hydroxyl groups is 2. The van der Waals surface area contributed by atoms with Crippen molar-refractivity contribution < 1.29 is 24.8 Å². The zero-order valence-corrected chi connectivity index (χ0v) is 15.0. The zero-order chi connectivity index (χ0) is 19.0. The largest absolute Gasteiger partial charge is 0.508 e. The lowest BCUT2D eigenvalue weighted by Crippen LogP contribution is -2.46. The van der Waals surface area contributed by atoms with Gasteiger partial charge in [-0.25, -0.2) is 0 Å². The van der Waals surface area contributed by atoms with E-state index in [4.69, 9.17) is 9.47 Å². The third-order valence-corrected chi connectivity index (χ3v) is 5.49. The molecule has 1 aliphatic carbocycles. The SMILES string of the molecule is COc1ccc(C2(O)c3ccc(O)cc3OCC2C2C=CC(O)=CC2)cc1. The number of phenolic OH excluding ortho intramolecular Hbond substituents is 1. The number of aromatic hydroxyl groups is 1. The van der Waals surface area contributed by atoms with Crippen LogP contribution in [0.4, 0.5) is 0 Å². The van der Waals surface area contributed by atoms with Gasteiger partial charge in [-0.1, -0.05) is 18.2 Å². The predicted molar refractivity (Wildman–Crippen MR) is 101 cm³/mol. The van der Waals surface area contributed by atoms with E-state index in [0.717, 1.165) is 5.56 Å². The first-order chi connectivity index (χ1) is 13.0. The summed E-state index contributed by atoms with van der Waals surface area (Å²) in [5.41, 5.74) is 0.0493. The number of benzene rings is 2. The summed E-state index contributed by atoms with van der Waals surface area (Å²) in [7, 11) is 1.60. The van der Waals surface area contributed by atoms with Crippen molar-refractivity contribution in [2.75, 3.05) is 13.7 Å². The highest BCUT2D eigenvalue weighted by Crippen LogP contribution is 2.50. The lowest BCUT2D eigenvalue weighted by Gasteiger charge is -2.44. The Morgan fingerprint density at radius 3 is 2.56 bits per heavy atom. The van der Waals surface area contributed by atoms with Gasteiger partial charge in [0.05, 0.1) is 13.7 Å². The zero-order valence-electron chi connectivity index (χ0n) is 15.0. The molecule has 27 heavy (non-hydrogen) atoms. The summed E-state index contributed by atoms with van der Waals surface area (Å²) in [5.74, 6) is 1.25. The summed E-state index contributed by atoms with van der Waals surface area (Å²) < 4.78 is 11.1. The molecule has 0 spiro atoms. The van der Waals surface area contributed by atoms with Crippen LogP contribution < -0.4 is 9.47 Å². The quantitative estimate of drug-likeness (QED) is 0.773. The molecule has 0 saturated heterocycles. The molecule has 4 rings (SSSR count). The second kappa shape index (κ2) is 6.67. The average Bonchev–Trinajstić information content (AvgIpc) is 2.69. The number of methoxy groups -OCH3 is 1. The number of hydrogen-bond acceptors (Lipinski definition) is 5. The van der Waals surface area contributed by atoms with E-state index in [1.807, 2.05) is 30.3 Å². The van der Waals surface area contributed by atoms with Gasteiger partial charge in [-0.3, -0.25) is 0 Å². The minimum Gasteiger partial charge on any atom is -0.508 e. The van der Waals surface area contributed by atoms with Crippen LogP contribution >= 0.6 is 0 Å². The third kappa shape index (κ3) is 2.94. The van der Waals surface area contributed by atoms with Crippen molar-refractivity contribution in [1.29, 1.82) is 0 Å². The Hall–Kier alpha value is -2.92. The van der Waals surface area contributed by atoms with Gasteiger partial charge in [0.25, 0.3) is 0 Å². The fourth-order valence-electron chi connectivity index (χ4n) is 4.02. The van der Waals surface area contributed by atoms with E-state index in [2.05, 4.69) is 0 Å². The van der Waals surface area contributed by atoms with Crippen LogP contribution in [0.1, 0.15) is 17.5 Å². The number of fused-ring (bicyclic) bond motifs is 1. The van der Waals surface area contributed by atoms with Crippen molar-refractivity contribution in [3.8, 4) is 17.2 Å². The molecule has 2 aromatic rings. The number of rotatable bonds is 3. The van der Waals surface area contributed by atoms with Gasteiger partial charge in [0, 0.05) is 17.5 Å². The summed E-state index contributed by atoms with van der Waals surface area (Å²) in [6, 6.07) is 12.1. The van der Waals surface area contributed by atoms with Crippen LogP contribution in [0.2, 0.25) is 0 Å². The molecule has 3 unspecified atom stereocenters. The van der Waals surface area contributed by atoms with Gasteiger partial charge in [0.2, 0.25) is 0 Å². The van der Waals surface area contributed by atoms with E-state index in [1.165, 1.54) is 6.07 Å². The monoisotopic (exact) mass is 366 g/mol. The van der Waals surface area contributed by atoms with Gasteiger partial charge in [-0.15, -0.1) is 0 Å². The number of allylic oxidation sites excluding steroid dienone is 3. The van der Waals surface area contributed by atoms with Crippen LogP contribution in [0.15, 0.2) is 66.5 Å². The minimum atomic E-state index is -1.30. The third-order valence-electron chi connectivity index (χ3n) is 5.49. The molecule has 0 saturated carbocycles. The maximum atomic E-state index is 12.0. The molecule has 0 aromatic heterocycles. The van der Waals surface area contributed by atoms with Crippen LogP contribution in [0.3, 0.4) is 0 Å². The molecule has 5 heteroatoms. The van der Waals surface area contributed by atoms with Crippen LogP contribution in [-0.4, -0.2) is 29.0 Å². The fraction of sp³-hybridized carbons (Fsp3) is 0.273. The van der Waals surface area contributed by atoms with Crippen molar-refractivity contribution in [3.05, 3.63) is 77.6 Å². The topological polar surface area (TPSA) is 79.2 Å². The maximum absolute atomic E-state index is 12.0. The molecule has 1 aliphatic heterocycles. The van der Waals surface area contributed by atoms with Gasteiger partial charge in [0.15, 0.2) is 0 Å². The van der Waals surface area contributed by atoms with Crippen LogP contribution in [-0.2, 0) is 5.60 Å². The Labute approximate surface area is 157 Å². The summed E-state index contributed by atoms with van der Waals surface area (Å²) in [6.07, 6.45) is 5.95. The first kappa shape index (κ1) is 17.5. The maximum Gasteiger partial charge on any atom is 0.129 e. The second-order valence-electron chi connectivity index (χ2n) is 6.98. The molecule has 2 aliphatic rings. The molecule has 3 N–H and O–H groups in total. The standard InChI is InChI=1S/C22H22O5/c1-26-18-9-4-15(5-10-18)22(25)19-11-8-17(24)12-21(19)27-13-20(22)14-2-6-16(23)7-3-14/h2,4-12,14,20,23-25H,3,13H2,1H3. The first-order valence-electron chi connectivity index (χ1n) is 8.93. The number of ether oxygens (including phenoxy) is 2. The van der Waals surface area contributed by atoms with Gasteiger partial charge < -0.3 is 24.8 Å². The van der Waals surface area contributed by atoms with Gasteiger partial charge in [-0.2, -0.15) is 0 Å². The number of aliphatic hydroxyl groups excluding tert-OH is 1. The van der Waals surface area contributed by atoms with Gasteiger partial charge in [0.1, 0.15) is 28.6 Å². The fourth-order valence-corrected chi connectivity index (χ4v) is 4.02. The Morgan fingerprint density at radius 2 is 1.89 bits per heavy atom. The molecule has 0 amide bonds. The van der Waals surface area contributed by atoms with Crippen LogP contribution in [0.25, 0.3) is 0 Å². The van der Waals surface area contributed by atoms with Crippen molar-refractivity contribution in [2.45, 2.75) is 12.0 Å². The van der Waals surface area contributed by atoms with Gasteiger partial charge in [-0.05, 0) is 54.3 Å². The first-order valence-corrected chi connectivity index (χ1v) is 8.93. The Morgan fingerprint density at radius 1 is 1.11 bits per heavy atom. The summed E-state index contributed by atoms with van der Waals surface area (Å²) in [6.45, 7) is 0.294. The Bertz CT molecular complexity index is 899. The van der Waals surface area contributed by atoms with E-state index in [9.17, 15) is 15.3 Å². The molecular weight excluding hydrogens is 344 g/mol. The van der Waals surface area contributed by atoms with Crippen molar-refractivity contribution in [3.63, 3.8) is 0 Å². The molecule has 0 fully saturated rings. The van der Waals surface area contributed by atoms with E-state index < -0.39 is 5.60 Å². The molecule has 1 heterocycles. The molecule has 0 bridgehead atoms. The van der Waals surface area contributed by atoms with Crippen molar-refractivity contribution in [2.24, 2.45) is 11.8 Å². The number of phenols is 1. The van der Waals surface area contributed by atoms with Crippen molar-refractivity contribution in [1.82, 2.24) is 0 Å². The predicted octanol–water partition coefficient (Wildman–Crippen LogP) is 3.66. The smallest absolute Gasteiger partial charge is 0.129 e. The van der Waals surface area contributed by atoms with Crippen LogP contribution in [0, 0.1) is 11.8 Å². The molecule has 140 valence electrons. The normalized spacial score (nSPS) is 26.7. The summed E-state index contributed by atoms with van der Waals surface area (Å²) >= 11 is 0. The molecular formula is C22H22O5. The van der Waals surface area contributed by atoms with Crippen LogP contribution in [0.5, 0.6) is 17.2 Å². The van der Waals surface area contributed by atoms with E-state index in [0.29, 0.717) is 30.1 Å². The molecule has 3 atom stereocenters. The van der Waals surface area contributed by atoms with Crippen molar-refractivity contribution >= 4 is 0 Å². The molecule has 2 aromatic carbocycles.